The van der Waals surface area contributed by atoms with Crippen molar-refractivity contribution in [2.24, 2.45) is 0 Å². The van der Waals surface area contributed by atoms with Crippen LogP contribution < -0.4 is 10.1 Å². The zero-order valence-corrected chi connectivity index (χ0v) is 17.9. The summed E-state index contributed by atoms with van der Waals surface area (Å²) in [5.41, 5.74) is 5.28. The van der Waals surface area contributed by atoms with Gasteiger partial charge >= 0.3 is 0 Å². The Bertz CT molecular complexity index is 968. The highest BCUT2D eigenvalue weighted by Gasteiger charge is 2.13. The van der Waals surface area contributed by atoms with Crippen LogP contribution >= 0.6 is 15.9 Å². The van der Waals surface area contributed by atoms with Crippen LogP contribution in [0.25, 0.3) is 11.1 Å². The maximum atomic E-state index is 12.5. The van der Waals surface area contributed by atoms with Gasteiger partial charge in [-0.05, 0) is 63.2 Å². The number of ether oxygens (including phenoxy) is 1. The minimum Gasteiger partial charge on any atom is -0.483 e. The summed E-state index contributed by atoms with van der Waals surface area (Å²) in [5.74, 6) is 0.801. The molecule has 0 radical (unpaired) electrons. The Balaban J connectivity index is 1.67. The molecule has 4 heteroatoms. The Morgan fingerprint density at radius 2 is 1.75 bits per heavy atom. The molecule has 3 aromatic carbocycles. The predicted octanol–water partition coefficient (Wildman–Crippen LogP) is 6.57. The van der Waals surface area contributed by atoms with Gasteiger partial charge in [0.15, 0.2) is 6.61 Å². The summed E-state index contributed by atoms with van der Waals surface area (Å²) >= 11 is 3.55. The molecular weight excluding hydrogens is 414 g/mol. The Hall–Kier alpha value is -2.59. The predicted molar refractivity (Wildman–Crippen MR) is 119 cm³/mol. The lowest BCUT2D eigenvalue weighted by Crippen LogP contribution is -2.21. The lowest BCUT2D eigenvalue weighted by atomic mass is 9.98. The van der Waals surface area contributed by atoms with Crippen LogP contribution in [0.2, 0.25) is 0 Å². The molecule has 1 N–H and O–H groups in total. The maximum Gasteiger partial charge on any atom is 0.262 e. The lowest BCUT2D eigenvalue weighted by Gasteiger charge is -2.17. The van der Waals surface area contributed by atoms with Gasteiger partial charge in [0, 0.05) is 5.69 Å². The molecule has 0 aliphatic heterocycles. The summed E-state index contributed by atoms with van der Waals surface area (Å²) in [4.78, 5) is 12.5. The molecule has 144 valence electrons. The minimum atomic E-state index is -0.171. The van der Waals surface area contributed by atoms with E-state index in [-0.39, 0.29) is 12.5 Å². The highest BCUT2D eigenvalue weighted by Crippen LogP contribution is 2.31. The van der Waals surface area contributed by atoms with E-state index in [1.54, 1.807) is 0 Å². The van der Waals surface area contributed by atoms with E-state index in [1.165, 1.54) is 0 Å². The highest BCUT2D eigenvalue weighted by atomic mass is 79.9. The van der Waals surface area contributed by atoms with Crippen LogP contribution in [-0.4, -0.2) is 12.5 Å². The normalized spacial score (nSPS) is 10.8. The molecule has 3 aromatic rings. The van der Waals surface area contributed by atoms with Gasteiger partial charge < -0.3 is 10.1 Å². The average molecular weight is 438 g/mol. The largest absolute Gasteiger partial charge is 0.483 e. The maximum absolute atomic E-state index is 12.5. The Kier molecular flexibility index (Phi) is 6.53. The second kappa shape index (κ2) is 9.07. The van der Waals surface area contributed by atoms with Crippen LogP contribution in [0.5, 0.6) is 5.75 Å². The molecule has 0 aliphatic carbocycles. The van der Waals surface area contributed by atoms with Gasteiger partial charge in [-0.1, -0.05) is 68.4 Å². The first-order valence-electron chi connectivity index (χ1n) is 9.33. The van der Waals surface area contributed by atoms with Crippen molar-refractivity contribution in [3.8, 4) is 16.9 Å². The number of carbonyl (C=O) groups excluding carboxylic acids is 1. The molecule has 3 rings (SSSR count). The number of aryl methyl sites for hydroxylation is 1. The monoisotopic (exact) mass is 437 g/mol. The van der Waals surface area contributed by atoms with Gasteiger partial charge in [-0.2, -0.15) is 0 Å². The third kappa shape index (κ3) is 4.82. The third-order valence-corrected chi connectivity index (χ3v) is 5.21. The van der Waals surface area contributed by atoms with Crippen molar-refractivity contribution in [2.45, 2.75) is 26.7 Å². The molecule has 0 saturated carbocycles. The second-order valence-corrected chi connectivity index (χ2v) is 7.90. The molecule has 0 unspecified atom stereocenters. The van der Waals surface area contributed by atoms with Gasteiger partial charge in [-0.3, -0.25) is 4.79 Å². The third-order valence-electron chi connectivity index (χ3n) is 4.59. The van der Waals surface area contributed by atoms with Crippen LogP contribution in [0.1, 0.15) is 30.9 Å². The van der Waals surface area contributed by atoms with E-state index >= 15 is 0 Å². The first-order chi connectivity index (χ1) is 13.5. The first kappa shape index (κ1) is 20.2. The molecule has 0 bridgehead atoms. The van der Waals surface area contributed by atoms with Crippen molar-refractivity contribution in [3.63, 3.8) is 0 Å². The molecular formula is C24H24BrNO2. The van der Waals surface area contributed by atoms with Gasteiger partial charge in [-0.25, -0.2) is 0 Å². The van der Waals surface area contributed by atoms with Crippen molar-refractivity contribution in [2.75, 3.05) is 11.9 Å². The Morgan fingerprint density at radius 1 is 1.00 bits per heavy atom. The summed E-state index contributed by atoms with van der Waals surface area (Å²) in [6, 6.07) is 22.1. The summed E-state index contributed by atoms with van der Waals surface area (Å²) in [6.45, 7) is 6.19. The minimum absolute atomic E-state index is 0.0465. The average Bonchev–Trinajstić information content (AvgIpc) is 2.69. The molecule has 0 aliphatic rings. The molecule has 3 nitrogen and oxygen atoms in total. The number of hydrogen-bond acceptors (Lipinski definition) is 2. The number of rotatable bonds is 6. The number of carbonyl (C=O) groups is 1. The molecule has 0 spiro atoms. The fourth-order valence-corrected chi connectivity index (χ4v) is 3.58. The molecule has 0 fully saturated rings. The van der Waals surface area contributed by atoms with Crippen molar-refractivity contribution in [3.05, 3.63) is 82.3 Å². The van der Waals surface area contributed by atoms with Crippen molar-refractivity contribution in [1.82, 2.24) is 0 Å². The summed E-state index contributed by atoms with van der Waals surface area (Å²) < 4.78 is 6.56. The van der Waals surface area contributed by atoms with Crippen LogP contribution in [0.4, 0.5) is 5.69 Å². The molecule has 1 amide bonds. The number of nitrogens with one attached hydrogen (secondary N) is 1. The van der Waals surface area contributed by atoms with Crippen molar-refractivity contribution in [1.29, 1.82) is 0 Å². The molecule has 0 saturated heterocycles. The fraction of sp³-hybridized carbons (Fsp3) is 0.208. The van der Waals surface area contributed by atoms with Crippen molar-refractivity contribution < 1.29 is 9.53 Å². The zero-order chi connectivity index (χ0) is 20.1. The molecule has 0 heterocycles. The van der Waals surface area contributed by atoms with Gasteiger partial charge in [0.25, 0.3) is 5.91 Å². The van der Waals surface area contributed by atoms with E-state index < -0.39 is 0 Å². The SMILES string of the molecule is Cc1cccc(C(C)C)c1NC(=O)COc1ccc(-c2ccccc2)cc1Br. The van der Waals surface area contributed by atoms with E-state index in [9.17, 15) is 4.79 Å². The van der Waals surface area contributed by atoms with Crippen LogP contribution in [0.15, 0.2) is 71.2 Å². The number of anilines is 1. The number of benzene rings is 3. The zero-order valence-electron chi connectivity index (χ0n) is 16.3. The van der Waals surface area contributed by atoms with Gasteiger partial charge in [0.2, 0.25) is 0 Å². The Labute approximate surface area is 174 Å². The summed E-state index contributed by atoms with van der Waals surface area (Å²) in [5, 5.41) is 3.01. The van der Waals surface area contributed by atoms with Crippen LogP contribution in [0.3, 0.4) is 0 Å². The van der Waals surface area contributed by atoms with E-state index in [2.05, 4.69) is 47.2 Å². The summed E-state index contributed by atoms with van der Waals surface area (Å²) in [6.07, 6.45) is 0. The van der Waals surface area contributed by atoms with Crippen LogP contribution in [-0.2, 0) is 4.79 Å². The fourth-order valence-electron chi connectivity index (χ4n) is 3.09. The standard InChI is InChI=1S/C24H24BrNO2/c1-16(2)20-11-7-8-17(3)24(20)26-23(27)15-28-22-13-12-19(14-21(22)25)18-9-5-4-6-10-18/h4-14,16H,15H2,1-3H3,(H,26,27). The first-order valence-corrected chi connectivity index (χ1v) is 10.1. The number of hydrogen-bond donors (Lipinski definition) is 1. The van der Waals surface area contributed by atoms with Crippen molar-refractivity contribution >= 4 is 27.5 Å². The number of para-hydroxylation sites is 1. The number of amides is 1. The van der Waals surface area contributed by atoms with E-state index in [4.69, 9.17) is 4.74 Å². The van der Waals surface area contributed by atoms with E-state index in [1.807, 2.05) is 61.5 Å². The summed E-state index contributed by atoms with van der Waals surface area (Å²) in [7, 11) is 0. The number of halogens is 1. The van der Waals surface area contributed by atoms with Gasteiger partial charge in [0.05, 0.1) is 4.47 Å². The molecule has 0 aromatic heterocycles. The molecule has 0 atom stereocenters. The van der Waals surface area contributed by atoms with E-state index in [0.717, 1.165) is 32.4 Å². The highest BCUT2D eigenvalue weighted by molar-refractivity contribution is 9.10. The van der Waals surface area contributed by atoms with Crippen LogP contribution in [0, 0.1) is 6.92 Å². The lowest BCUT2D eigenvalue weighted by molar-refractivity contribution is -0.118. The Morgan fingerprint density at radius 3 is 2.43 bits per heavy atom. The second-order valence-electron chi connectivity index (χ2n) is 7.04. The molecule has 28 heavy (non-hydrogen) atoms. The van der Waals surface area contributed by atoms with E-state index in [0.29, 0.717) is 11.7 Å². The smallest absolute Gasteiger partial charge is 0.262 e. The topological polar surface area (TPSA) is 38.3 Å². The van der Waals surface area contributed by atoms with Gasteiger partial charge in [0.1, 0.15) is 5.75 Å². The quantitative estimate of drug-likeness (QED) is 0.473. The van der Waals surface area contributed by atoms with Gasteiger partial charge in [-0.15, -0.1) is 0 Å².